The lowest BCUT2D eigenvalue weighted by molar-refractivity contribution is 0.0949. The minimum Gasteiger partial charge on any atom is -0.372 e. The largest absolute Gasteiger partial charge is 0.372 e. The number of carbonyl (C=O) groups excluding carboxylic acids is 2. The van der Waals surface area contributed by atoms with Crippen LogP contribution in [-0.4, -0.2) is 30.9 Å². The van der Waals surface area contributed by atoms with E-state index in [0.717, 1.165) is 31.6 Å². The summed E-state index contributed by atoms with van der Waals surface area (Å²) in [5.74, 6) is -0.275. The van der Waals surface area contributed by atoms with Crippen LogP contribution >= 0.6 is 0 Å². The molecule has 5 heteroatoms. The summed E-state index contributed by atoms with van der Waals surface area (Å²) < 4.78 is 0. The van der Waals surface area contributed by atoms with Gasteiger partial charge in [0, 0.05) is 41.6 Å². The normalized spacial score (nSPS) is 13.2. The lowest BCUT2D eigenvalue weighted by Gasteiger charge is -2.21. The van der Waals surface area contributed by atoms with Gasteiger partial charge in [-0.15, -0.1) is 0 Å². The van der Waals surface area contributed by atoms with E-state index in [1.807, 2.05) is 24.3 Å². The molecular weight excluding hydrogens is 326 g/mol. The predicted octanol–water partition coefficient (Wildman–Crippen LogP) is 3.68. The van der Waals surface area contributed by atoms with Gasteiger partial charge in [-0.3, -0.25) is 9.59 Å². The lowest BCUT2D eigenvalue weighted by Crippen LogP contribution is -2.25. The van der Waals surface area contributed by atoms with Crippen molar-refractivity contribution in [3.05, 3.63) is 59.7 Å². The van der Waals surface area contributed by atoms with Crippen LogP contribution in [0.1, 0.15) is 47.4 Å². The summed E-state index contributed by atoms with van der Waals surface area (Å²) in [5.41, 5.74) is 2.87. The first kappa shape index (κ1) is 18.0. The van der Waals surface area contributed by atoms with Crippen molar-refractivity contribution in [2.75, 3.05) is 23.3 Å². The maximum absolute atomic E-state index is 12.5. The first-order valence-electron chi connectivity index (χ1n) is 9.18. The van der Waals surface area contributed by atoms with Gasteiger partial charge in [0.05, 0.1) is 0 Å². The number of benzene rings is 2. The first-order chi connectivity index (χ1) is 12.6. The second-order valence-electron chi connectivity index (χ2n) is 6.50. The van der Waals surface area contributed by atoms with Gasteiger partial charge in [-0.1, -0.05) is 6.07 Å². The van der Waals surface area contributed by atoms with E-state index in [1.54, 1.807) is 24.3 Å². The average molecular weight is 351 g/mol. The molecule has 3 rings (SSSR count). The van der Waals surface area contributed by atoms with Crippen LogP contribution in [0, 0.1) is 0 Å². The zero-order chi connectivity index (χ0) is 18.5. The smallest absolute Gasteiger partial charge is 0.255 e. The highest BCUT2D eigenvalue weighted by Gasteiger charge is 2.23. The Bertz CT molecular complexity index is 778. The SMILES string of the molecule is CCN(CC)c1ccc(C(=O)Nc2cccc(C(=O)NC3CC3)c2)cc1. The number of rotatable bonds is 7. The van der Waals surface area contributed by atoms with Gasteiger partial charge in [0.15, 0.2) is 0 Å². The summed E-state index contributed by atoms with van der Waals surface area (Å²) in [5, 5.41) is 5.82. The van der Waals surface area contributed by atoms with Crippen LogP contribution in [0.3, 0.4) is 0 Å². The van der Waals surface area contributed by atoms with Gasteiger partial charge >= 0.3 is 0 Å². The Morgan fingerprint density at radius 3 is 2.27 bits per heavy atom. The van der Waals surface area contributed by atoms with Crippen LogP contribution in [0.15, 0.2) is 48.5 Å². The summed E-state index contributed by atoms with van der Waals surface area (Å²) in [7, 11) is 0. The maximum Gasteiger partial charge on any atom is 0.255 e. The molecule has 2 aromatic carbocycles. The van der Waals surface area contributed by atoms with Crippen LogP contribution in [0.2, 0.25) is 0 Å². The van der Waals surface area contributed by atoms with Crippen molar-refractivity contribution >= 4 is 23.2 Å². The molecule has 0 atom stereocenters. The van der Waals surface area contributed by atoms with E-state index in [-0.39, 0.29) is 11.8 Å². The van der Waals surface area contributed by atoms with Crippen molar-refractivity contribution < 1.29 is 9.59 Å². The molecule has 0 aromatic heterocycles. The van der Waals surface area contributed by atoms with Crippen molar-refractivity contribution in [1.82, 2.24) is 5.32 Å². The van der Waals surface area contributed by atoms with E-state index < -0.39 is 0 Å². The molecule has 2 amide bonds. The molecule has 0 aliphatic heterocycles. The Morgan fingerprint density at radius 2 is 1.65 bits per heavy atom. The van der Waals surface area contributed by atoms with E-state index in [2.05, 4.69) is 29.4 Å². The number of nitrogens with zero attached hydrogens (tertiary/aromatic N) is 1. The van der Waals surface area contributed by atoms with Crippen LogP contribution in [0.25, 0.3) is 0 Å². The maximum atomic E-state index is 12.5. The van der Waals surface area contributed by atoms with Gasteiger partial charge in [-0.2, -0.15) is 0 Å². The summed E-state index contributed by atoms with van der Waals surface area (Å²) in [6.07, 6.45) is 2.09. The second-order valence-corrected chi connectivity index (χ2v) is 6.50. The molecular formula is C21H25N3O2. The molecule has 2 aromatic rings. The van der Waals surface area contributed by atoms with Crippen molar-refractivity contribution in [2.45, 2.75) is 32.7 Å². The molecule has 2 N–H and O–H groups in total. The minimum absolute atomic E-state index is 0.0906. The van der Waals surface area contributed by atoms with Crippen LogP contribution in [0.4, 0.5) is 11.4 Å². The topological polar surface area (TPSA) is 61.4 Å². The van der Waals surface area contributed by atoms with Crippen LogP contribution < -0.4 is 15.5 Å². The van der Waals surface area contributed by atoms with Crippen LogP contribution in [-0.2, 0) is 0 Å². The van der Waals surface area contributed by atoms with Crippen LogP contribution in [0.5, 0.6) is 0 Å². The number of anilines is 2. The fraction of sp³-hybridized carbons (Fsp3) is 0.333. The molecule has 1 saturated carbocycles. The molecule has 0 bridgehead atoms. The second kappa shape index (κ2) is 8.04. The Kier molecular flexibility index (Phi) is 5.56. The highest BCUT2D eigenvalue weighted by atomic mass is 16.2. The van der Waals surface area contributed by atoms with Crippen molar-refractivity contribution in [2.24, 2.45) is 0 Å². The van der Waals surface area contributed by atoms with E-state index >= 15 is 0 Å². The van der Waals surface area contributed by atoms with Gasteiger partial charge in [-0.25, -0.2) is 0 Å². The Labute approximate surface area is 154 Å². The lowest BCUT2D eigenvalue weighted by atomic mass is 10.1. The van der Waals surface area contributed by atoms with E-state index in [9.17, 15) is 9.59 Å². The van der Waals surface area contributed by atoms with Gasteiger partial charge in [-0.05, 0) is 69.2 Å². The van der Waals surface area contributed by atoms with Crippen molar-refractivity contribution in [1.29, 1.82) is 0 Å². The van der Waals surface area contributed by atoms with Gasteiger partial charge in [0.2, 0.25) is 0 Å². The molecule has 136 valence electrons. The highest BCUT2D eigenvalue weighted by Crippen LogP contribution is 2.20. The summed E-state index contributed by atoms with van der Waals surface area (Å²) in [6, 6.07) is 14.9. The molecule has 1 aliphatic carbocycles. The third kappa shape index (κ3) is 4.42. The highest BCUT2D eigenvalue weighted by molar-refractivity contribution is 6.05. The summed E-state index contributed by atoms with van der Waals surface area (Å²) >= 11 is 0. The molecule has 0 unspecified atom stereocenters. The Hall–Kier alpha value is -2.82. The fourth-order valence-electron chi connectivity index (χ4n) is 2.85. The quantitative estimate of drug-likeness (QED) is 0.800. The number of nitrogens with one attached hydrogen (secondary N) is 2. The third-order valence-electron chi connectivity index (χ3n) is 4.55. The molecule has 0 saturated heterocycles. The van der Waals surface area contributed by atoms with E-state index in [1.165, 1.54) is 0 Å². The van der Waals surface area contributed by atoms with E-state index in [0.29, 0.717) is 22.9 Å². The average Bonchev–Trinajstić information content (AvgIpc) is 3.47. The molecule has 5 nitrogen and oxygen atoms in total. The molecule has 0 radical (unpaired) electrons. The minimum atomic E-state index is -0.184. The third-order valence-corrected chi connectivity index (χ3v) is 4.55. The first-order valence-corrected chi connectivity index (χ1v) is 9.18. The zero-order valence-electron chi connectivity index (χ0n) is 15.3. The Morgan fingerprint density at radius 1 is 0.962 bits per heavy atom. The molecule has 1 fully saturated rings. The number of amides is 2. The van der Waals surface area contributed by atoms with Gasteiger partial charge in [0.25, 0.3) is 11.8 Å². The fourth-order valence-corrected chi connectivity index (χ4v) is 2.85. The monoisotopic (exact) mass is 351 g/mol. The molecule has 26 heavy (non-hydrogen) atoms. The van der Waals surface area contributed by atoms with Crippen molar-refractivity contribution in [3.8, 4) is 0 Å². The summed E-state index contributed by atoms with van der Waals surface area (Å²) in [6.45, 7) is 6.07. The van der Waals surface area contributed by atoms with Gasteiger partial charge in [0.1, 0.15) is 0 Å². The van der Waals surface area contributed by atoms with Gasteiger partial charge < -0.3 is 15.5 Å². The van der Waals surface area contributed by atoms with Crippen molar-refractivity contribution in [3.63, 3.8) is 0 Å². The molecule has 0 heterocycles. The molecule has 1 aliphatic rings. The standard InChI is InChI=1S/C21H25N3O2/c1-3-24(4-2)19-12-8-15(9-13-19)20(25)23-18-7-5-6-16(14-18)21(26)22-17-10-11-17/h5-9,12-14,17H,3-4,10-11H2,1-2H3,(H,22,26)(H,23,25). The number of hydrogen-bond donors (Lipinski definition) is 2. The summed E-state index contributed by atoms with van der Waals surface area (Å²) in [4.78, 5) is 26.8. The number of hydrogen-bond acceptors (Lipinski definition) is 3. The molecule has 0 spiro atoms. The Balaban J connectivity index is 1.66. The van der Waals surface area contributed by atoms with E-state index in [4.69, 9.17) is 0 Å². The predicted molar refractivity (Wildman–Crippen MR) is 105 cm³/mol. The number of carbonyl (C=O) groups is 2. The zero-order valence-corrected chi connectivity index (χ0v) is 15.3.